The van der Waals surface area contributed by atoms with E-state index in [-0.39, 0.29) is 0 Å². The molecular weight excluding hydrogens is 214 g/mol. The third kappa shape index (κ3) is 11.5. The second-order valence-corrected chi connectivity index (χ2v) is 4.01. The highest BCUT2D eigenvalue weighted by atomic mass is 16.5. The summed E-state index contributed by atoms with van der Waals surface area (Å²) in [4.78, 5) is 4.43. The van der Waals surface area contributed by atoms with Gasteiger partial charge in [-0.25, -0.2) is 0 Å². The van der Waals surface area contributed by atoms with Crippen molar-refractivity contribution >= 4 is 5.96 Å². The Labute approximate surface area is 106 Å². The molecule has 0 bridgehead atoms. The average molecular weight is 243 g/mol. The van der Waals surface area contributed by atoms with Crippen molar-refractivity contribution in [3.63, 3.8) is 0 Å². The topological polar surface area (TPSA) is 45.6 Å². The Morgan fingerprint density at radius 2 is 1.76 bits per heavy atom. The molecule has 0 aliphatic carbocycles. The summed E-state index contributed by atoms with van der Waals surface area (Å²) in [5.41, 5.74) is 0. The normalized spacial score (nSPS) is 11.6. The number of ether oxygens (including phenoxy) is 1. The standard InChI is InChI=1S/C13H29N3O/c1-4-7-11-17-12-8-10-16-13(14-6-3)15-9-5-2/h4-12H2,1-3H3,(H2,14,15,16). The molecule has 0 aromatic carbocycles. The predicted molar refractivity (Wildman–Crippen MR) is 74.6 cm³/mol. The fourth-order valence-corrected chi connectivity index (χ4v) is 1.29. The zero-order chi connectivity index (χ0) is 12.8. The smallest absolute Gasteiger partial charge is 0.191 e. The van der Waals surface area contributed by atoms with Crippen molar-refractivity contribution in [2.75, 3.05) is 32.8 Å². The van der Waals surface area contributed by atoms with Gasteiger partial charge in [-0.1, -0.05) is 20.3 Å². The Bertz CT molecular complexity index is 184. The highest BCUT2D eigenvalue weighted by Gasteiger charge is 1.95. The van der Waals surface area contributed by atoms with Crippen molar-refractivity contribution < 1.29 is 4.74 Å². The van der Waals surface area contributed by atoms with Gasteiger partial charge in [-0.15, -0.1) is 0 Å². The SMILES string of the molecule is CCCCOCCCNC(=NCCC)NCC. The predicted octanol–water partition coefficient (Wildman–Crippen LogP) is 2.16. The van der Waals surface area contributed by atoms with Crippen LogP contribution in [0.5, 0.6) is 0 Å². The van der Waals surface area contributed by atoms with Crippen molar-refractivity contribution in [2.45, 2.75) is 46.5 Å². The maximum Gasteiger partial charge on any atom is 0.191 e. The van der Waals surface area contributed by atoms with Crippen molar-refractivity contribution in [3.05, 3.63) is 0 Å². The van der Waals surface area contributed by atoms with Crippen LogP contribution in [-0.2, 0) is 4.74 Å². The van der Waals surface area contributed by atoms with E-state index in [9.17, 15) is 0 Å². The average Bonchev–Trinajstić information content (AvgIpc) is 2.34. The first-order chi connectivity index (χ1) is 8.35. The maximum atomic E-state index is 5.50. The van der Waals surface area contributed by atoms with Gasteiger partial charge in [0.1, 0.15) is 0 Å². The minimum Gasteiger partial charge on any atom is -0.381 e. The number of nitrogens with zero attached hydrogens (tertiary/aromatic N) is 1. The number of unbranched alkanes of at least 4 members (excludes halogenated alkanes) is 1. The second-order valence-electron chi connectivity index (χ2n) is 4.01. The van der Waals surface area contributed by atoms with E-state index in [1.807, 2.05) is 0 Å². The van der Waals surface area contributed by atoms with E-state index in [0.717, 1.165) is 58.1 Å². The van der Waals surface area contributed by atoms with Gasteiger partial charge in [0.15, 0.2) is 5.96 Å². The molecule has 0 aliphatic rings. The lowest BCUT2D eigenvalue weighted by Crippen LogP contribution is -2.38. The van der Waals surface area contributed by atoms with Crippen LogP contribution in [-0.4, -0.2) is 38.8 Å². The van der Waals surface area contributed by atoms with Crippen LogP contribution in [0.1, 0.15) is 46.5 Å². The Hall–Kier alpha value is -0.770. The first kappa shape index (κ1) is 16.2. The van der Waals surface area contributed by atoms with Crippen molar-refractivity contribution in [1.29, 1.82) is 0 Å². The van der Waals surface area contributed by atoms with Crippen LogP contribution in [0.25, 0.3) is 0 Å². The molecule has 0 saturated heterocycles. The molecule has 2 N–H and O–H groups in total. The highest BCUT2D eigenvalue weighted by molar-refractivity contribution is 5.79. The van der Waals surface area contributed by atoms with E-state index >= 15 is 0 Å². The molecule has 0 unspecified atom stereocenters. The van der Waals surface area contributed by atoms with Gasteiger partial charge in [-0.3, -0.25) is 4.99 Å². The molecule has 0 fully saturated rings. The summed E-state index contributed by atoms with van der Waals surface area (Å²) in [6.07, 6.45) is 4.47. The van der Waals surface area contributed by atoms with Gasteiger partial charge in [-0.2, -0.15) is 0 Å². The van der Waals surface area contributed by atoms with Gasteiger partial charge in [0.05, 0.1) is 0 Å². The maximum absolute atomic E-state index is 5.50. The molecule has 0 atom stereocenters. The highest BCUT2D eigenvalue weighted by Crippen LogP contribution is 1.89. The van der Waals surface area contributed by atoms with E-state index in [1.165, 1.54) is 6.42 Å². The van der Waals surface area contributed by atoms with Crippen LogP contribution >= 0.6 is 0 Å². The first-order valence-electron chi connectivity index (χ1n) is 6.95. The van der Waals surface area contributed by atoms with Gasteiger partial charge in [0.2, 0.25) is 0 Å². The molecular formula is C13H29N3O. The molecule has 0 saturated carbocycles. The summed E-state index contributed by atoms with van der Waals surface area (Å²) >= 11 is 0. The third-order valence-corrected chi connectivity index (χ3v) is 2.24. The van der Waals surface area contributed by atoms with Crippen LogP contribution in [0.4, 0.5) is 0 Å². The molecule has 0 radical (unpaired) electrons. The number of guanidine groups is 1. The van der Waals surface area contributed by atoms with Crippen LogP contribution in [0.2, 0.25) is 0 Å². The summed E-state index contributed by atoms with van der Waals surface area (Å²) in [6.45, 7) is 10.8. The molecule has 0 aliphatic heterocycles. The Morgan fingerprint density at radius 1 is 1.00 bits per heavy atom. The molecule has 0 amide bonds. The fourth-order valence-electron chi connectivity index (χ4n) is 1.29. The number of hydrogen-bond donors (Lipinski definition) is 2. The minimum atomic E-state index is 0.834. The molecule has 0 heterocycles. The molecule has 4 heteroatoms. The Balaban J connectivity index is 3.47. The first-order valence-corrected chi connectivity index (χ1v) is 6.95. The second kappa shape index (κ2) is 13.3. The summed E-state index contributed by atoms with van der Waals surface area (Å²) in [5.74, 6) is 0.919. The fraction of sp³-hybridized carbons (Fsp3) is 0.923. The van der Waals surface area contributed by atoms with E-state index in [1.54, 1.807) is 0 Å². The van der Waals surface area contributed by atoms with E-state index in [0.29, 0.717) is 0 Å². The van der Waals surface area contributed by atoms with Gasteiger partial charge >= 0.3 is 0 Å². The van der Waals surface area contributed by atoms with Gasteiger partial charge in [0, 0.05) is 32.8 Å². The molecule has 0 aromatic heterocycles. The van der Waals surface area contributed by atoms with Gasteiger partial charge in [-0.05, 0) is 26.2 Å². The number of nitrogens with one attached hydrogen (secondary N) is 2. The lowest BCUT2D eigenvalue weighted by atomic mass is 10.4. The van der Waals surface area contributed by atoms with Crippen LogP contribution < -0.4 is 10.6 Å². The quantitative estimate of drug-likeness (QED) is 0.351. The van der Waals surface area contributed by atoms with E-state index in [2.05, 4.69) is 36.4 Å². The van der Waals surface area contributed by atoms with E-state index < -0.39 is 0 Å². The summed E-state index contributed by atoms with van der Waals surface area (Å²) < 4.78 is 5.50. The van der Waals surface area contributed by atoms with Crippen LogP contribution in [0, 0.1) is 0 Å². The number of rotatable bonds is 10. The van der Waals surface area contributed by atoms with Crippen molar-refractivity contribution in [3.8, 4) is 0 Å². The lowest BCUT2D eigenvalue weighted by Gasteiger charge is -2.11. The van der Waals surface area contributed by atoms with Gasteiger partial charge in [0.25, 0.3) is 0 Å². The van der Waals surface area contributed by atoms with E-state index in [4.69, 9.17) is 4.74 Å². The van der Waals surface area contributed by atoms with Crippen LogP contribution in [0.15, 0.2) is 4.99 Å². The third-order valence-electron chi connectivity index (χ3n) is 2.24. The lowest BCUT2D eigenvalue weighted by molar-refractivity contribution is 0.129. The molecule has 102 valence electrons. The molecule has 0 spiro atoms. The molecule has 0 aromatic rings. The zero-order valence-electron chi connectivity index (χ0n) is 11.7. The monoisotopic (exact) mass is 243 g/mol. The Morgan fingerprint density at radius 3 is 2.41 bits per heavy atom. The molecule has 4 nitrogen and oxygen atoms in total. The summed E-state index contributed by atoms with van der Waals surface area (Å²) in [6, 6.07) is 0. The molecule has 17 heavy (non-hydrogen) atoms. The zero-order valence-corrected chi connectivity index (χ0v) is 11.7. The van der Waals surface area contributed by atoms with Crippen molar-refractivity contribution in [1.82, 2.24) is 10.6 Å². The van der Waals surface area contributed by atoms with Gasteiger partial charge < -0.3 is 15.4 Å². The Kier molecular flexibility index (Phi) is 12.7. The number of aliphatic imine (C=N–C) groups is 1. The van der Waals surface area contributed by atoms with Crippen LogP contribution in [0.3, 0.4) is 0 Å². The minimum absolute atomic E-state index is 0.834. The number of hydrogen-bond acceptors (Lipinski definition) is 2. The molecule has 0 rings (SSSR count). The van der Waals surface area contributed by atoms with Crippen molar-refractivity contribution in [2.24, 2.45) is 4.99 Å². The largest absolute Gasteiger partial charge is 0.381 e. The summed E-state index contributed by atoms with van der Waals surface area (Å²) in [7, 11) is 0. The summed E-state index contributed by atoms with van der Waals surface area (Å²) in [5, 5.41) is 6.53.